The first-order valence-electron chi connectivity index (χ1n) is 6.21. The van der Waals surface area contributed by atoms with Gasteiger partial charge >= 0.3 is 0 Å². The van der Waals surface area contributed by atoms with Crippen LogP contribution in [-0.2, 0) is 4.79 Å². The first-order valence-corrected chi connectivity index (χ1v) is 6.21. The Balaban J connectivity index is 2.10. The summed E-state index contributed by atoms with van der Waals surface area (Å²) in [5, 5.41) is 2.56. The van der Waals surface area contributed by atoms with Crippen LogP contribution in [0.2, 0.25) is 0 Å². The van der Waals surface area contributed by atoms with Crippen molar-refractivity contribution in [1.29, 1.82) is 0 Å². The van der Waals surface area contributed by atoms with E-state index in [-0.39, 0.29) is 11.6 Å². The van der Waals surface area contributed by atoms with Gasteiger partial charge in [0, 0.05) is 6.20 Å². The number of carbonyl (C=O) groups excluding carboxylic acids is 1. The van der Waals surface area contributed by atoms with Crippen LogP contribution in [0.5, 0.6) is 0 Å². The highest BCUT2D eigenvalue weighted by molar-refractivity contribution is 5.98. The van der Waals surface area contributed by atoms with Crippen molar-refractivity contribution >= 4 is 11.6 Å². The first-order chi connectivity index (χ1) is 8.51. The molecule has 0 radical (unpaired) electrons. The molecule has 0 spiro atoms. The van der Waals surface area contributed by atoms with Crippen LogP contribution in [0, 0.1) is 11.7 Å². The quantitative estimate of drug-likeness (QED) is 0.845. The first kappa shape index (κ1) is 13.0. The van der Waals surface area contributed by atoms with E-state index in [0.717, 1.165) is 19.0 Å². The van der Waals surface area contributed by atoms with E-state index in [0.29, 0.717) is 18.8 Å². The Morgan fingerprint density at radius 2 is 2.44 bits per heavy atom. The van der Waals surface area contributed by atoms with Crippen LogP contribution in [-0.4, -0.2) is 16.4 Å². The van der Waals surface area contributed by atoms with Crippen LogP contribution < -0.4 is 11.1 Å². The molecule has 1 aliphatic carbocycles. The third-order valence-electron chi connectivity index (χ3n) is 3.51. The minimum Gasteiger partial charge on any atom is -0.322 e. The highest BCUT2D eigenvalue weighted by Gasteiger charge is 2.38. The summed E-state index contributed by atoms with van der Waals surface area (Å²) >= 11 is 0. The maximum Gasteiger partial charge on any atom is 0.244 e. The van der Waals surface area contributed by atoms with Crippen LogP contribution >= 0.6 is 0 Å². The lowest BCUT2D eigenvalue weighted by Crippen LogP contribution is -2.53. The van der Waals surface area contributed by atoms with Gasteiger partial charge in [-0.05, 0) is 24.8 Å². The predicted octanol–water partition coefficient (Wildman–Crippen LogP) is 2.07. The van der Waals surface area contributed by atoms with Crippen LogP contribution in [0.3, 0.4) is 0 Å². The van der Waals surface area contributed by atoms with E-state index in [1.165, 1.54) is 12.3 Å². The molecule has 4 nitrogen and oxygen atoms in total. The summed E-state index contributed by atoms with van der Waals surface area (Å²) < 4.78 is 13.4. The number of hydrogen-bond donors (Lipinski definition) is 2. The van der Waals surface area contributed by atoms with Crippen molar-refractivity contribution in [1.82, 2.24) is 4.98 Å². The number of carbonyl (C=O) groups is 1. The average Bonchev–Trinajstić information content (AvgIpc) is 2.31. The summed E-state index contributed by atoms with van der Waals surface area (Å²) in [5.41, 5.74) is 5.40. The summed E-state index contributed by atoms with van der Waals surface area (Å²) in [7, 11) is 0. The molecule has 1 heterocycles. The maximum atomic E-state index is 13.4. The molecule has 1 aromatic rings. The van der Waals surface area contributed by atoms with Gasteiger partial charge in [-0.25, -0.2) is 4.39 Å². The molecule has 5 heteroatoms. The number of rotatable bonds is 2. The number of nitrogens with zero attached hydrogens (tertiary/aromatic N) is 1. The third kappa shape index (κ3) is 2.67. The molecule has 0 saturated heterocycles. The van der Waals surface area contributed by atoms with Crippen LogP contribution in [0.1, 0.15) is 32.6 Å². The molecule has 2 atom stereocenters. The second-order valence-corrected chi connectivity index (χ2v) is 5.17. The van der Waals surface area contributed by atoms with E-state index < -0.39 is 11.4 Å². The van der Waals surface area contributed by atoms with Crippen molar-refractivity contribution in [2.45, 2.75) is 38.1 Å². The molecule has 1 saturated carbocycles. The minimum absolute atomic E-state index is 0.137. The normalized spacial score (nSPS) is 27.8. The van der Waals surface area contributed by atoms with E-state index in [4.69, 9.17) is 5.73 Å². The molecule has 1 fully saturated rings. The van der Waals surface area contributed by atoms with Crippen LogP contribution in [0.4, 0.5) is 10.1 Å². The van der Waals surface area contributed by atoms with Crippen molar-refractivity contribution in [3.05, 3.63) is 24.3 Å². The fraction of sp³-hybridized carbons (Fsp3) is 0.538. The van der Waals surface area contributed by atoms with E-state index in [1.54, 1.807) is 0 Å². The highest BCUT2D eigenvalue weighted by Crippen LogP contribution is 2.31. The lowest BCUT2D eigenvalue weighted by Gasteiger charge is -2.35. The van der Waals surface area contributed by atoms with Crippen molar-refractivity contribution in [2.75, 3.05) is 5.32 Å². The van der Waals surface area contributed by atoms with Crippen molar-refractivity contribution in [2.24, 2.45) is 11.7 Å². The van der Waals surface area contributed by atoms with E-state index in [9.17, 15) is 9.18 Å². The molecule has 0 aromatic carbocycles. The Morgan fingerprint density at radius 3 is 3.11 bits per heavy atom. The summed E-state index contributed by atoms with van der Waals surface area (Å²) in [4.78, 5) is 15.8. The largest absolute Gasteiger partial charge is 0.322 e. The van der Waals surface area contributed by atoms with Crippen molar-refractivity contribution in [3.8, 4) is 0 Å². The zero-order valence-electron chi connectivity index (χ0n) is 10.4. The van der Waals surface area contributed by atoms with E-state index in [1.807, 2.05) is 0 Å². The van der Waals surface area contributed by atoms with Gasteiger partial charge < -0.3 is 11.1 Å². The minimum atomic E-state index is -0.882. The van der Waals surface area contributed by atoms with Gasteiger partial charge in [0.05, 0.1) is 17.4 Å². The lowest BCUT2D eigenvalue weighted by atomic mass is 9.76. The zero-order valence-corrected chi connectivity index (χ0v) is 10.4. The van der Waals surface area contributed by atoms with Gasteiger partial charge in [-0.15, -0.1) is 0 Å². The Hall–Kier alpha value is -1.49. The predicted molar refractivity (Wildman–Crippen MR) is 67.4 cm³/mol. The second-order valence-electron chi connectivity index (χ2n) is 5.17. The number of halogens is 1. The number of pyridine rings is 1. The van der Waals surface area contributed by atoms with Gasteiger partial charge in [0.2, 0.25) is 5.91 Å². The fourth-order valence-electron chi connectivity index (χ4n) is 2.52. The van der Waals surface area contributed by atoms with Gasteiger partial charge in [-0.1, -0.05) is 19.8 Å². The maximum absolute atomic E-state index is 13.4. The van der Waals surface area contributed by atoms with Gasteiger partial charge in [0.1, 0.15) is 0 Å². The SMILES string of the molecule is CC1CCCC(N)(C(=O)Nc2ccncc2F)C1. The smallest absolute Gasteiger partial charge is 0.244 e. The fourth-order valence-corrected chi connectivity index (χ4v) is 2.52. The van der Waals surface area contributed by atoms with Gasteiger partial charge in [0.25, 0.3) is 0 Å². The molecule has 18 heavy (non-hydrogen) atoms. The topological polar surface area (TPSA) is 68.0 Å². The monoisotopic (exact) mass is 251 g/mol. The second kappa shape index (κ2) is 5.02. The Morgan fingerprint density at radius 1 is 1.67 bits per heavy atom. The number of amides is 1. The molecule has 2 unspecified atom stereocenters. The summed E-state index contributed by atoms with van der Waals surface area (Å²) in [6, 6.07) is 1.43. The number of nitrogens with two attached hydrogens (primary N) is 1. The third-order valence-corrected chi connectivity index (χ3v) is 3.51. The lowest BCUT2D eigenvalue weighted by molar-refractivity contribution is -0.122. The molecular formula is C13H18FN3O. The molecule has 1 aliphatic rings. The summed E-state index contributed by atoms with van der Waals surface area (Å²) in [6.45, 7) is 2.08. The molecule has 3 N–H and O–H groups in total. The van der Waals surface area contributed by atoms with E-state index >= 15 is 0 Å². The summed E-state index contributed by atoms with van der Waals surface area (Å²) in [6.07, 6.45) is 5.83. The highest BCUT2D eigenvalue weighted by atomic mass is 19.1. The number of aromatic nitrogens is 1. The molecule has 2 rings (SSSR count). The average molecular weight is 251 g/mol. The Labute approximate surface area is 106 Å². The summed E-state index contributed by atoms with van der Waals surface area (Å²) in [5.74, 6) is -0.422. The van der Waals surface area contributed by atoms with Crippen LogP contribution in [0.15, 0.2) is 18.5 Å². The molecular weight excluding hydrogens is 233 g/mol. The van der Waals surface area contributed by atoms with Crippen molar-refractivity contribution < 1.29 is 9.18 Å². The number of hydrogen-bond acceptors (Lipinski definition) is 3. The number of nitrogens with one attached hydrogen (secondary N) is 1. The zero-order chi connectivity index (χ0) is 13.2. The molecule has 0 bridgehead atoms. The molecule has 1 amide bonds. The Kier molecular flexibility index (Phi) is 3.61. The van der Waals surface area contributed by atoms with Crippen molar-refractivity contribution in [3.63, 3.8) is 0 Å². The van der Waals surface area contributed by atoms with Gasteiger partial charge in [0.15, 0.2) is 5.82 Å². The van der Waals surface area contributed by atoms with Gasteiger partial charge in [-0.3, -0.25) is 9.78 Å². The molecule has 0 aliphatic heterocycles. The van der Waals surface area contributed by atoms with Crippen LogP contribution in [0.25, 0.3) is 0 Å². The van der Waals surface area contributed by atoms with Gasteiger partial charge in [-0.2, -0.15) is 0 Å². The standard InChI is InChI=1S/C13H18FN3O/c1-9-3-2-5-13(15,7-9)12(18)17-11-4-6-16-8-10(11)14/h4,6,8-9H,2-3,5,7,15H2,1H3,(H,16,17,18). The van der Waals surface area contributed by atoms with E-state index in [2.05, 4.69) is 17.2 Å². The Bertz CT molecular complexity index is 452. The molecule has 98 valence electrons. The number of anilines is 1. The molecule has 1 aromatic heterocycles.